The summed E-state index contributed by atoms with van der Waals surface area (Å²) in [4.78, 5) is 13.8. The Morgan fingerprint density at radius 1 is 1.11 bits per heavy atom. The number of carbonyl (C=O) groups excluding carboxylic acids is 1. The molecular formula is C30H43N3O4. The van der Waals surface area contributed by atoms with E-state index in [-0.39, 0.29) is 17.9 Å². The van der Waals surface area contributed by atoms with Crippen LogP contribution in [0.5, 0.6) is 5.75 Å². The van der Waals surface area contributed by atoms with Crippen molar-refractivity contribution in [3.63, 3.8) is 0 Å². The number of benzene rings is 1. The van der Waals surface area contributed by atoms with Crippen molar-refractivity contribution in [3.05, 3.63) is 18.2 Å². The number of fused-ring (bicyclic) bond motifs is 6. The Hall–Kier alpha value is -1.99. The monoisotopic (exact) mass is 509 g/mol. The van der Waals surface area contributed by atoms with E-state index in [1.807, 2.05) is 25.1 Å². The first kappa shape index (κ1) is 25.3. The van der Waals surface area contributed by atoms with Crippen LogP contribution in [0.15, 0.2) is 18.2 Å². The lowest BCUT2D eigenvalue weighted by Gasteiger charge is -2.57. The van der Waals surface area contributed by atoms with Gasteiger partial charge in [0.15, 0.2) is 5.78 Å². The fourth-order valence-electron chi connectivity index (χ4n) is 9.36. The van der Waals surface area contributed by atoms with Crippen molar-refractivity contribution in [2.24, 2.45) is 40.9 Å². The summed E-state index contributed by atoms with van der Waals surface area (Å²) < 4.78 is 12.8. The summed E-state index contributed by atoms with van der Waals surface area (Å²) in [5.74, 6) is 4.65. The maximum Gasteiger partial charge on any atom is 0.157 e. The van der Waals surface area contributed by atoms with Crippen molar-refractivity contribution in [1.29, 1.82) is 0 Å². The number of Topliss-reactive ketones (excluding diaryl/α,β-unsaturated/α-hetero) is 1. The number of carbonyl (C=O) groups is 1. The lowest BCUT2D eigenvalue weighted by molar-refractivity contribution is -0.138. The van der Waals surface area contributed by atoms with E-state index in [9.17, 15) is 9.90 Å². The lowest BCUT2D eigenvalue weighted by atomic mass is 9.49. The summed E-state index contributed by atoms with van der Waals surface area (Å²) in [7, 11) is 1.65. The average Bonchev–Trinajstić information content (AvgIpc) is 3.47. The van der Waals surface area contributed by atoms with Gasteiger partial charge in [-0.15, -0.1) is 5.10 Å². The number of rotatable bonds is 7. The maximum absolute atomic E-state index is 13.8. The predicted molar refractivity (Wildman–Crippen MR) is 141 cm³/mol. The topological polar surface area (TPSA) is 86.5 Å². The van der Waals surface area contributed by atoms with Crippen molar-refractivity contribution >= 4 is 16.8 Å². The molecule has 7 nitrogen and oxygen atoms in total. The Morgan fingerprint density at radius 3 is 2.76 bits per heavy atom. The van der Waals surface area contributed by atoms with Gasteiger partial charge >= 0.3 is 0 Å². The van der Waals surface area contributed by atoms with Gasteiger partial charge in [-0.05, 0) is 112 Å². The first-order valence-corrected chi connectivity index (χ1v) is 14.6. The van der Waals surface area contributed by atoms with Crippen molar-refractivity contribution in [2.75, 3.05) is 20.3 Å². The van der Waals surface area contributed by atoms with Crippen LogP contribution < -0.4 is 4.74 Å². The van der Waals surface area contributed by atoms with E-state index in [1.165, 1.54) is 25.7 Å². The van der Waals surface area contributed by atoms with Gasteiger partial charge < -0.3 is 14.6 Å². The van der Waals surface area contributed by atoms with Gasteiger partial charge in [0.2, 0.25) is 0 Å². The summed E-state index contributed by atoms with van der Waals surface area (Å²) in [5.41, 5.74) is 1.11. The Kier molecular flexibility index (Phi) is 6.59. The summed E-state index contributed by atoms with van der Waals surface area (Å²) in [6.07, 6.45) is 9.93. The molecule has 0 unspecified atom stereocenters. The highest BCUT2D eigenvalue weighted by atomic mass is 16.5. The maximum atomic E-state index is 13.8. The standard InChI is InChI=1S/C30H43N3O4/c1-4-37-18-30(35)14-12-21-19(16-30)5-7-23-22(21)11-13-29(2)24(23)8-9-25(29)28(34)17-33-27-15-20(36-3)6-10-26(27)31-32-33/h6,10,15,19,21-25,35H,4-5,7-9,11-14,16-18H2,1-3H3/t19-,21+,22-,23-,24+,25-,29+,30-/m1/s1. The third-order valence-corrected chi connectivity index (χ3v) is 11.1. The van der Waals surface area contributed by atoms with Crippen LogP contribution in [0.3, 0.4) is 0 Å². The second-order valence-electron chi connectivity index (χ2n) is 12.8. The van der Waals surface area contributed by atoms with Gasteiger partial charge in [0.25, 0.3) is 0 Å². The zero-order valence-corrected chi connectivity index (χ0v) is 22.7. The molecular weight excluding hydrogens is 466 g/mol. The normalized spacial score (nSPS) is 39.1. The molecule has 0 bridgehead atoms. The molecule has 0 radical (unpaired) electrons. The number of hydrogen-bond acceptors (Lipinski definition) is 6. The fraction of sp³-hybridized carbons (Fsp3) is 0.767. The molecule has 4 saturated carbocycles. The van der Waals surface area contributed by atoms with Crippen LogP contribution in [-0.2, 0) is 16.1 Å². The van der Waals surface area contributed by atoms with Crippen LogP contribution in [0, 0.1) is 40.9 Å². The van der Waals surface area contributed by atoms with E-state index < -0.39 is 5.60 Å². The van der Waals surface area contributed by atoms with Crippen molar-refractivity contribution in [1.82, 2.24) is 15.0 Å². The second-order valence-corrected chi connectivity index (χ2v) is 12.8. The van der Waals surface area contributed by atoms with Crippen molar-refractivity contribution < 1.29 is 19.4 Å². The molecule has 0 spiro atoms. The first-order chi connectivity index (χ1) is 17.8. The zero-order chi connectivity index (χ0) is 25.8. The smallest absolute Gasteiger partial charge is 0.157 e. The fourth-order valence-corrected chi connectivity index (χ4v) is 9.36. The average molecular weight is 510 g/mol. The minimum Gasteiger partial charge on any atom is -0.497 e. The molecule has 1 aromatic carbocycles. The third kappa shape index (κ3) is 4.30. The lowest BCUT2D eigenvalue weighted by Crippen LogP contribution is -2.52. The first-order valence-electron chi connectivity index (χ1n) is 14.6. The van der Waals surface area contributed by atoms with Crippen LogP contribution in [-0.4, -0.2) is 51.8 Å². The van der Waals surface area contributed by atoms with E-state index in [0.717, 1.165) is 66.6 Å². The Balaban J connectivity index is 1.15. The van der Waals surface area contributed by atoms with Gasteiger partial charge in [-0.1, -0.05) is 12.1 Å². The Morgan fingerprint density at radius 2 is 1.95 bits per heavy atom. The zero-order valence-electron chi connectivity index (χ0n) is 22.7. The highest BCUT2D eigenvalue weighted by Gasteiger charge is 2.59. The minimum absolute atomic E-state index is 0.0868. The molecule has 202 valence electrons. The van der Waals surface area contributed by atoms with Crippen LogP contribution in [0.2, 0.25) is 0 Å². The van der Waals surface area contributed by atoms with Crippen LogP contribution in [0.25, 0.3) is 11.0 Å². The van der Waals surface area contributed by atoms with Gasteiger partial charge in [0.1, 0.15) is 17.8 Å². The Bertz CT molecular complexity index is 1150. The SMILES string of the molecule is CCOC[C@@]1(O)CC[C@H]2[C@H](CC[C@@H]3[C@@H]2CC[C@]2(C)[C@@H](C(=O)Cn4nnc5ccc(OC)cc54)CC[C@@H]32)C1. The number of hydrogen-bond donors (Lipinski definition) is 1. The number of aromatic nitrogens is 3. The molecule has 4 aliphatic carbocycles. The van der Waals surface area contributed by atoms with E-state index >= 15 is 0 Å². The van der Waals surface area contributed by atoms with E-state index in [2.05, 4.69) is 17.2 Å². The molecule has 2 aromatic rings. The predicted octanol–water partition coefficient (Wildman–Crippen LogP) is 5.05. The molecule has 1 heterocycles. The molecule has 4 fully saturated rings. The molecule has 6 rings (SSSR count). The third-order valence-electron chi connectivity index (χ3n) is 11.1. The minimum atomic E-state index is -0.631. The van der Waals surface area contributed by atoms with E-state index in [1.54, 1.807) is 11.8 Å². The van der Waals surface area contributed by atoms with Crippen LogP contribution in [0.4, 0.5) is 0 Å². The summed E-state index contributed by atoms with van der Waals surface area (Å²) in [6, 6.07) is 5.70. The van der Waals surface area contributed by atoms with Crippen molar-refractivity contribution in [2.45, 2.75) is 83.8 Å². The molecule has 1 N–H and O–H groups in total. The van der Waals surface area contributed by atoms with Crippen molar-refractivity contribution in [3.8, 4) is 5.75 Å². The highest BCUT2D eigenvalue weighted by molar-refractivity contribution is 5.84. The largest absolute Gasteiger partial charge is 0.497 e. The van der Waals surface area contributed by atoms with Gasteiger partial charge in [-0.3, -0.25) is 4.79 Å². The van der Waals surface area contributed by atoms with Crippen LogP contribution >= 0.6 is 0 Å². The molecule has 4 aliphatic rings. The molecule has 0 amide bonds. The number of ketones is 1. The van der Waals surface area contributed by atoms with Gasteiger partial charge in [-0.25, -0.2) is 4.68 Å². The number of nitrogens with zero attached hydrogens (tertiary/aromatic N) is 3. The van der Waals surface area contributed by atoms with Gasteiger partial charge in [0.05, 0.1) is 24.8 Å². The number of aliphatic hydroxyl groups is 1. The number of methoxy groups -OCH3 is 1. The summed E-state index contributed by atoms with van der Waals surface area (Å²) in [6.45, 7) is 5.86. The van der Waals surface area contributed by atoms with Crippen LogP contribution in [0.1, 0.15) is 71.6 Å². The molecule has 1 aromatic heterocycles. The Labute approximate surface area is 220 Å². The van der Waals surface area contributed by atoms with E-state index in [0.29, 0.717) is 30.8 Å². The van der Waals surface area contributed by atoms with E-state index in [4.69, 9.17) is 9.47 Å². The number of ether oxygens (including phenoxy) is 2. The molecule has 7 heteroatoms. The second kappa shape index (κ2) is 9.64. The molecule has 37 heavy (non-hydrogen) atoms. The highest BCUT2D eigenvalue weighted by Crippen LogP contribution is 2.64. The summed E-state index contributed by atoms with van der Waals surface area (Å²) in [5, 5.41) is 19.7. The molecule has 0 aliphatic heterocycles. The van der Waals surface area contributed by atoms with Gasteiger partial charge in [-0.2, -0.15) is 0 Å². The summed E-state index contributed by atoms with van der Waals surface area (Å²) >= 11 is 0. The molecule has 0 saturated heterocycles. The van der Waals surface area contributed by atoms with Gasteiger partial charge in [0, 0.05) is 18.6 Å². The quantitative estimate of drug-likeness (QED) is 0.562. The molecule has 8 atom stereocenters.